The highest BCUT2D eigenvalue weighted by Gasteiger charge is 2.17. The van der Waals surface area contributed by atoms with Crippen molar-refractivity contribution in [2.24, 2.45) is 0 Å². The number of fused-ring (bicyclic) bond motifs is 1. The summed E-state index contributed by atoms with van der Waals surface area (Å²) in [5.74, 6) is 0.529. The Balaban J connectivity index is 1.79. The lowest BCUT2D eigenvalue weighted by atomic mass is 10.1. The lowest BCUT2D eigenvalue weighted by molar-refractivity contribution is -0.137. The highest BCUT2D eigenvalue weighted by atomic mass is 32.2. The number of hydrogen-bond donors (Lipinski definition) is 2. The van der Waals surface area contributed by atoms with Gasteiger partial charge in [0, 0.05) is 22.6 Å². The average molecular weight is 452 g/mol. The van der Waals surface area contributed by atoms with E-state index in [0.29, 0.717) is 5.75 Å². The summed E-state index contributed by atoms with van der Waals surface area (Å²) < 4.78 is 0. The van der Waals surface area contributed by atoms with Crippen LogP contribution in [-0.2, 0) is 4.79 Å². The normalized spacial score (nSPS) is 13.1. The third kappa shape index (κ3) is 9.35. The Morgan fingerprint density at radius 3 is 2.31 bits per heavy atom. The third-order valence-electron chi connectivity index (χ3n) is 5.37. The summed E-state index contributed by atoms with van der Waals surface area (Å²) in [5, 5.41) is 15.1. The van der Waals surface area contributed by atoms with Gasteiger partial charge in [0.25, 0.3) is 0 Å². The monoisotopic (exact) mass is 451 g/mol. The molecule has 0 aliphatic heterocycles. The van der Waals surface area contributed by atoms with E-state index in [4.69, 9.17) is 0 Å². The number of carboxylic acid groups (broad SMARTS) is 1. The highest BCUT2D eigenvalue weighted by molar-refractivity contribution is 7.99. The fourth-order valence-electron chi connectivity index (χ4n) is 3.44. The number of anilines is 1. The molecule has 0 aliphatic rings. The number of carboxylic acids is 1. The molecule has 0 bridgehead atoms. The molecule has 0 saturated carbocycles. The maximum atomic E-state index is 11.8. The van der Waals surface area contributed by atoms with Crippen LogP contribution in [0, 0.1) is 0 Å². The van der Waals surface area contributed by atoms with Crippen molar-refractivity contribution in [3.8, 4) is 0 Å². The molecule has 0 spiro atoms. The zero-order valence-electron chi connectivity index (χ0n) is 19.9. The molecule has 0 amide bonds. The fourth-order valence-corrected chi connectivity index (χ4v) is 4.44. The van der Waals surface area contributed by atoms with Crippen LogP contribution in [0.5, 0.6) is 0 Å². The molecule has 32 heavy (non-hydrogen) atoms. The van der Waals surface area contributed by atoms with Gasteiger partial charge < -0.3 is 10.4 Å². The highest BCUT2D eigenvalue weighted by Crippen LogP contribution is 2.24. The van der Waals surface area contributed by atoms with E-state index in [1.807, 2.05) is 42.5 Å². The molecule has 0 saturated heterocycles. The van der Waals surface area contributed by atoms with E-state index in [1.54, 1.807) is 11.8 Å². The van der Waals surface area contributed by atoms with Gasteiger partial charge in [0.1, 0.15) is 6.04 Å². The lowest BCUT2D eigenvalue weighted by Crippen LogP contribution is -2.31. The second-order valence-corrected chi connectivity index (χ2v) is 9.63. The number of rotatable bonds is 13. The summed E-state index contributed by atoms with van der Waals surface area (Å²) in [5.41, 5.74) is 5.06. The van der Waals surface area contributed by atoms with Crippen molar-refractivity contribution in [1.82, 2.24) is 0 Å². The van der Waals surface area contributed by atoms with Crippen LogP contribution in [0.25, 0.3) is 10.8 Å². The Hall–Kier alpha value is -2.46. The predicted molar refractivity (Wildman–Crippen MR) is 142 cm³/mol. The number of nitrogens with one attached hydrogen (secondary N) is 1. The molecule has 2 rings (SSSR count). The minimum atomic E-state index is -0.820. The van der Waals surface area contributed by atoms with Gasteiger partial charge in [-0.15, -0.1) is 0 Å². The number of carbonyl (C=O) groups is 1. The summed E-state index contributed by atoms with van der Waals surface area (Å²) in [4.78, 5) is 11.8. The lowest BCUT2D eigenvalue weighted by Gasteiger charge is -2.17. The van der Waals surface area contributed by atoms with Crippen molar-refractivity contribution >= 4 is 34.2 Å². The van der Waals surface area contributed by atoms with Gasteiger partial charge in [-0.2, -0.15) is 11.8 Å². The summed E-state index contributed by atoms with van der Waals surface area (Å²) in [6.45, 7) is 8.66. The molecular formula is C28H37NO2S. The quantitative estimate of drug-likeness (QED) is 0.240. The maximum absolute atomic E-state index is 11.8. The molecule has 1 atom stereocenters. The van der Waals surface area contributed by atoms with E-state index in [-0.39, 0.29) is 0 Å². The van der Waals surface area contributed by atoms with Crippen LogP contribution in [0.15, 0.2) is 77.4 Å². The maximum Gasteiger partial charge on any atom is 0.326 e. The van der Waals surface area contributed by atoms with Gasteiger partial charge in [0.2, 0.25) is 0 Å². The van der Waals surface area contributed by atoms with Gasteiger partial charge in [0.15, 0.2) is 0 Å². The first-order valence-electron chi connectivity index (χ1n) is 11.4. The van der Waals surface area contributed by atoms with E-state index in [1.165, 1.54) is 16.7 Å². The second-order valence-electron chi connectivity index (χ2n) is 8.56. The van der Waals surface area contributed by atoms with Crippen molar-refractivity contribution in [3.63, 3.8) is 0 Å². The van der Waals surface area contributed by atoms with Crippen LogP contribution in [0.1, 0.15) is 53.4 Å². The minimum absolute atomic E-state index is 0.520. The first-order chi connectivity index (χ1) is 15.4. The number of aliphatic carboxylic acids is 1. The first kappa shape index (κ1) is 25.8. The first-order valence-corrected chi connectivity index (χ1v) is 12.5. The third-order valence-corrected chi connectivity index (χ3v) is 6.35. The fraction of sp³-hybridized carbons (Fsp3) is 0.393. The smallest absolute Gasteiger partial charge is 0.326 e. The van der Waals surface area contributed by atoms with Crippen molar-refractivity contribution in [1.29, 1.82) is 0 Å². The molecule has 3 nitrogen and oxygen atoms in total. The van der Waals surface area contributed by atoms with E-state index < -0.39 is 12.0 Å². The van der Waals surface area contributed by atoms with Gasteiger partial charge in [0.05, 0.1) is 0 Å². The Morgan fingerprint density at radius 2 is 1.59 bits per heavy atom. The molecule has 0 aromatic heterocycles. The van der Waals surface area contributed by atoms with Crippen LogP contribution in [0.3, 0.4) is 0 Å². The van der Waals surface area contributed by atoms with Crippen LogP contribution in [0.2, 0.25) is 0 Å². The van der Waals surface area contributed by atoms with E-state index in [0.717, 1.165) is 47.9 Å². The van der Waals surface area contributed by atoms with Crippen LogP contribution in [-0.4, -0.2) is 28.6 Å². The molecule has 172 valence electrons. The molecule has 4 heteroatoms. The molecule has 0 radical (unpaired) electrons. The molecular weight excluding hydrogens is 414 g/mol. The zero-order valence-corrected chi connectivity index (χ0v) is 20.7. The predicted octanol–water partition coefficient (Wildman–Crippen LogP) is 7.86. The van der Waals surface area contributed by atoms with Crippen molar-refractivity contribution < 1.29 is 9.90 Å². The van der Waals surface area contributed by atoms with Crippen LogP contribution >= 0.6 is 11.8 Å². The van der Waals surface area contributed by atoms with E-state index in [2.05, 4.69) is 51.2 Å². The Bertz CT molecular complexity index is 965. The summed E-state index contributed by atoms with van der Waals surface area (Å²) in [7, 11) is 0. The van der Waals surface area contributed by atoms with Gasteiger partial charge in [-0.3, -0.25) is 0 Å². The van der Waals surface area contributed by atoms with Crippen molar-refractivity contribution in [2.45, 2.75) is 59.4 Å². The summed E-state index contributed by atoms with van der Waals surface area (Å²) >= 11 is 1.65. The largest absolute Gasteiger partial charge is 0.480 e. The molecule has 0 unspecified atom stereocenters. The van der Waals surface area contributed by atoms with E-state index in [9.17, 15) is 9.90 Å². The number of benzene rings is 2. The van der Waals surface area contributed by atoms with Crippen LogP contribution in [0.4, 0.5) is 5.69 Å². The Morgan fingerprint density at radius 1 is 0.938 bits per heavy atom. The van der Waals surface area contributed by atoms with Crippen molar-refractivity contribution in [3.05, 3.63) is 77.4 Å². The van der Waals surface area contributed by atoms with E-state index >= 15 is 0 Å². The average Bonchev–Trinajstić information content (AvgIpc) is 2.75. The summed E-state index contributed by atoms with van der Waals surface area (Å²) in [6.07, 6.45) is 11.2. The van der Waals surface area contributed by atoms with Gasteiger partial charge in [-0.1, -0.05) is 71.3 Å². The minimum Gasteiger partial charge on any atom is -0.480 e. The molecule has 2 N–H and O–H groups in total. The summed E-state index contributed by atoms with van der Waals surface area (Å²) in [6, 6.07) is 13.4. The number of hydrogen-bond acceptors (Lipinski definition) is 3. The number of allylic oxidation sites excluding steroid dienone is 5. The van der Waals surface area contributed by atoms with Gasteiger partial charge >= 0.3 is 5.97 Å². The molecule has 2 aromatic rings. The molecule has 0 aliphatic carbocycles. The van der Waals surface area contributed by atoms with Crippen molar-refractivity contribution in [2.75, 3.05) is 16.8 Å². The standard InChI is InChI=1S/C28H37NO2S/c1-21(2)10-7-11-22(3)12-8-13-23(4)18-19-32-20-27(28(30)31)29-26-17-9-15-24-14-5-6-16-25(24)26/h5-6,9-10,12,14-18,27,29H,7-8,11,13,19-20H2,1-4H3,(H,30,31)/b22-12+,23-18+/t27-/m0/s1. The van der Waals surface area contributed by atoms with Crippen LogP contribution < -0.4 is 5.32 Å². The molecule has 0 fully saturated rings. The van der Waals surface area contributed by atoms with Gasteiger partial charge in [-0.05, 0) is 64.8 Å². The zero-order chi connectivity index (χ0) is 23.3. The topological polar surface area (TPSA) is 49.3 Å². The second kappa shape index (κ2) is 13.8. The van der Waals surface area contributed by atoms with Gasteiger partial charge in [-0.25, -0.2) is 4.79 Å². The Kier molecular flexibility index (Phi) is 11.2. The molecule has 0 heterocycles. The SMILES string of the molecule is CC(C)=CCC/C(C)=C/CC/C(C)=C/CSC[C@H](Nc1cccc2ccccc12)C(=O)O. The molecule has 2 aromatic carbocycles. The number of thioether (sulfide) groups is 1. The Labute approximate surface area is 197 Å².